The van der Waals surface area contributed by atoms with E-state index in [-0.39, 0.29) is 0 Å². The van der Waals surface area contributed by atoms with Gasteiger partial charge in [-0.2, -0.15) is 0 Å². The summed E-state index contributed by atoms with van der Waals surface area (Å²) in [6.07, 6.45) is 4.68. The molecule has 2 atom stereocenters. The van der Waals surface area contributed by atoms with Gasteiger partial charge in [0.15, 0.2) is 0 Å². The van der Waals surface area contributed by atoms with Gasteiger partial charge in [0.2, 0.25) is 0 Å². The SMILES string of the molecule is CC(Cc1ccccc1)NC1CCc2cc(Br)ccc2C1. The quantitative estimate of drug-likeness (QED) is 0.859. The van der Waals surface area contributed by atoms with Crippen molar-refractivity contribution in [2.75, 3.05) is 0 Å². The van der Waals surface area contributed by atoms with Gasteiger partial charge in [-0.05, 0) is 61.4 Å². The third-order valence-corrected chi connectivity index (χ3v) is 4.79. The van der Waals surface area contributed by atoms with Gasteiger partial charge < -0.3 is 5.32 Å². The predicted octanol–water partition coefficient (Wildman–Crippen LogP) is 4.53. The summed E-state index contributed by atoms with van der Waals surface area (Å²) in [6, 6.07) is 18.6. The average Bonchev–Trinajstić information content (AvgIpc) is 2.48. The summed E-state index contributed by atoms with van der Waals surface area (Å²) in [7, 11) is 0. The Balaban J connectivity index is 1.58. The highest BCUT2D eigenvalue weighted by Gasteiger charge is 2.20. The minimum atomic E-state index is 0.523. The van der Waals surface area contributed by atoms with E-state index in [4.69, 9.17) is 0 Å². The van der Waals surface area contributed by atoms with Crippen LogP contribution in [-0.2, 0) is 19.3 Å². The van der Waals surface area contributed by atoms with Crippen LogP contribution in [0.15, 0.2) is 53.0 Å². The Morgan fingerprint density at radius 1 is 1.14 bits per heavy atom. The van der Waals surface area contributed by atoms with E-state index < -0.39 is 0 Å². The molecular weight excluding hydrogens is 322 g/mol. The van der Waals surface area contributed by atoms with Crippen molar-refractivity contribution in [1.29, 1.82) is 0 Å². The lowest BCUT2D eigenvalue weighted by Gasteiger charge is -2.28. The minimum absolute atomic E-state index is 0.523. The Morgan fingerprint density at radius 3 is 2.76 bits per heavy atom. The molecule has 2 unspecified atom stereocenters. The van der Waals surface area contributed by atoms with Crippen molar-refractivity contribution in [3.63, 3.8) is 0 Å². The van der Waals surface area contributed by atoms with Gasteiger partial charge in [-0.1, -0.05) is 52.3 Å². The second kappa shape index (κ2) is 6.76. The van der Waals surface area contributed by atoms with Gasteiger partial charge in [-0.25, -0.2) is 0 Å². The van der Waals surface area contributed by atoms with Crippen LogP contribution in [0.4, 0.5) is 0 Å². The number of aryl methyl sites for hydroxylation is 1. The molecule has 0 amide bonds. The van der Waals surface area contributed by atoms with Gasteiger partial charge in [0, 0.05) is 16.6 Å². The number of benzene rings is 2. The van der Waals surface area contributed by atoms with E-state index in [1.165, 1.54) is 34.0 Å². The minimum Gasteiger partial charge on any atom is -0.311 e. The molecule has 2 aromatic rings. The summed E-state index contributed by atoms with van der Waals surface area (Å²) in [6.45, 7) is 2.30. The van der Waals surface area contributed by atoms with Gasteiger partial charge in [0.05, 0.1) is 0 Å². The van der Waals surface area contributed by atoms with Crippen molar-refractivity contribution < 1.29 is 0 Å². The first-order valence-electron chi connectivity index (χ1n) is 7.78. The van der Waals surface area contributed by atoms with Gasteiger partial charge >= 0.3 is 0 Å². The smallest absolute Gasteiger partial charge is 0.0178 e. The Hall–Kier alpha value is -1.12. The summed E-state index contributed by atoms with van der Waals surface area (Å²) in [4.78, 5) is 0. The maximum atomic E-state index is 3.81. The largest absolute Gasteiger partial charge is 0.311 e. The average molecular weight is 344 g/mol. The highest BCUT2D eigenvalue weighted by Crippen LogP contribution is 2.25. The Morgan fingerprint density at radius 2 is 1.95 bits per heavy atom. The molecule has 0 aromatic heterocycles. The van der Waals surface area contributed by atoms with E-state index in [0.717, 1.165) is 12.8 Å². The molecule has 0 spiro atoms. The number of hydrogen-bond acceptors (Lipinski definition) is 1. The molecule has 1 N–H and O–H groups in total. The lowest BCUT2D eigenvalue weighted by molar-refractivity contribution is 0.405. The van der Waals surface area contributed by atoms with Crippen LogP contribution in [0.25, 0.3) is 0 Å². The molecule has 0 radical (unpaired) electrons. The van der Waals surface area contributed by atoms with Crippen molar-refractivity contribution in [3.8, 4) is 0 Å². The van der Waals surface area contributed by atoms with Gasteiger partial charge in [-0.3, -0.25) is 0 Å². The fraction of sp³-hybridized carbons (Fsp3) is 0.368. The number of hydrogen-bond donors (Lipinski definition) is 1. The third-order valence-electron chi connectivity index (χ3n) is 4.30. The van der Waals surface area contributed by atoms with Crippen LogP contribution < -0.4 is 5.32 Å². The first-order valence-corrected chi connectivity index (χ1v) is 8.57. The van der Waals surface area contributed by atoms with Gasteiger partial charge in [-0.15, -0.1) is 0 Å². The van der Waals surface area contributed by atoms with Crippen LogP contribution in [0.1, 0.15) is 30.0 Å². The molecule has 0 saturated carbocycles. The number of halogens is 1. The zero-order chi connectivity index (χ0) is 14.7. The maximum Gasteiger partial charge on any atom is 0.0178 e. The van der Waals surface area contributed by atoms with Gasteiger partial charge in [0.25, 0.3) is 0 Å². The fourth-order valence-corrected chi connectivity index (χ4v) is 3.70. The first-order chi connectivity index (χ1) is 10.2. The van der Waals surface area contributed by atoms with Crippen molar-refractivity contribution in [2.24, 2.45) is 0 Å². The lowest BCUT2D eigenvalue weighted by atomic mass is 9.88. The van der Waals surface area contributed by atoms with E-state index in [2.05, 4.69) is 76.7 Å². The molecule has 0 heterocycles. The topological polar surface area (TPSA) is 12.0 Å². The Kier molecular flexibility index (Phi) is 4.77. The Labute approximate surface area is 135 Å². The van der Waals surface area contributed by atoms with Crippen molar-refractivity contribution in [2.45, 2.75) is 44.7 Å². The molecule has 1 nitrogen and oxygen atoms in total. The summed E-state index contributed by atoms with van der Waals surface area (Å²) >= 11 is 3.57. The van der Waals surface area contributed by atoms with Crippen LogP contribution in [0.3, 0.4) is 0 Å². The first kappa shape index (κ1) is 14.8. The zero-order valence-electron chi connectivity index (χ0n) is 12.5. The maximum absolute atomic E-state index is 3.81. The normalized spacial score (nSPS) is 19.0. The van der Waals surface area contributed by atoms with Crippen LogP contribution in [-0.4, -0.2) is 12.1 Å². The molecule has 0 saturated heterocycles. The molecule has 0 fully saturated rings. The predicted molar refractivity (Wildman–Crippen MR) is 92.7 cm³/mol. The molecular formula is C19H22BrN. The second-order valence-electron chi connectivity index (χ2n) is 6.11. The van der Waals surface area contributed by atoms with Crippen LogP contribution in [0.2, 0.25) is 0 Å². The number of rotatable bonds is 4. The van der Waals surface area contributed by atoms with E-state index in [1.807, 2.05) is 0 Å². The fourth-order valence-electron chi connectivity index (χ4n) is 3.29. The van der Waals surface area contributed by atoms with E-state index >= 15 is 0 Å². The summed E-state index contributed by atoms with van der Waals surface area (Å²) < 4.78 is 1.20. The second-order valence-corrected chi connectivity index (χ2v) is 7.03. The highest BCUT2D eigenvalue weighted by atomic mass is 79.9. The molecule has 21 heavy (non-hydrogen) atoms. The van der Waals surface area contributed by atoms with Crippen molar-refractivity contribution in [3.05, 3.63) is 69.7 Å². The van der Waals surface area contributed by atoms with Crippen molar-refractivity contribution >= 4 is 15.9 Å². The third kappa shape index (κ3) is 3.96. The van der Waals surface area contributed by atoms with Gasteiger partial charge in [0.1, 0.15) is 0 Å². The summed E-state index contributed by atoms with van der Waals surface area (Å²) in [5.74, 6) is 0. The highest BCUT2D eigenvalue weighted by molar-refractivity contribution is 9.10. The molecule has 3 rings (SSSR count). The van der Waals surface area contributed by atoms with Crippen molar-refractivity contribution in [1.82, 2.24) is 5.32 Å². The van der Waals surface area contributed by atoms with E-state index in [1.54, 1.807) is 0 Å². The van der Waals surface area contributed by atoms with Crippen LogP contribution in [0.5, 0.6) is 0 Å². The van der Waals surface area contributed by atoms with E-state index in [9.17, 15) is 0 Å². The molecule has 1 aliphatic rings. The molecule has 110 valence electrons. The molecule has 0 bridgehead atoms. The molecule has 2 aromatic carbocycles. The summed E-state index contributed by atoms with van der Waals surface area (Å²) in [5, 5.41) is 3.81. The lowest BCUT2D eigenvalue weighted by Crippen LogP contribution is -2.41. The van der Waals surface area contributed by atoms with Crippen LogP contribution in [0, 0.1) is 0 Å². The van der Waals surface area contributed by atoms with E-state index in [0.29, 0.717) is 12.1 Å². The zero-order valence-corrected chi connectivity index (χ0v) is 14.1. The number of nitrogens with one attached hydrogen (secondary N) is 1. The number of fused-ring (bicyclic) bond motifs is 1. The molecule has 1 aliphatic carbocycles. The molecule has 2 heteroatoms. The van der Waals surface area contributed by atoms with Crippen LogP contribution >= 0.6 is 15.9 Å². The summed E-state index contributed by atoms with van der Waals surface area (Å²) in [5.41, 5.74) is 4.43. The monoisotopic (exact) mass is 343 g/mol. The molecule has 0 aliphatic heterocycles. The Bertz CT molecular complexity index is 594. The standard InChI is InChI=1S/C19H22BrN/c1-14(11-15-5-3-2-4-6-15)21-19-10-8-16-12-18(20)9-7-17(16)13-19/h2-7,9,12,14,19,21H,8,10-11,13H2,1H3.